The molecule has 226 valence electrons. The minimum atomic E-state index is -4.13. The van der Waals surface area contributed by atoms with Crippen LogP contribution in [0.2, 0.25) is 5.02 Å². The quantitative estimate of drug-likeness (QED) is 0.416. The summed E-state index contributed by atoms with van der Waals surface area (Å²) in [5.74, 6) is 0.482. The highest BCUT2D eigenvalue weighted by Gasteiger charge is 2.48. The van der Waals surface area contributed by atoms with Crippen LogP contribution in [0.4, 0.5) is 5.69 Å². The number of amides is 1. The summed E-state index contributed by atoms with van der Waals surface area (Å²) < 4.78 is 36.1. The molecule has 2 aliphatic carbocycles. The summed E-state index contributed by atoms with van der Waals surface area (Å²) in [7, 11) is -2.28. The van der Waals surface area contributed by atoms with Crippen LogP contribution in [0.5, 0.6) is 5.75 Å². The van der Waals surface area contributed by atoms with Crippen molar-refractivity contribution in [2.75, 3.05) is 31.6 Å². The molecule has 6 rings (SSSR count). The number of hydrogen-bond acceptors (Lipinski definition) is 7. The van der Waals surface area contributed by atoms with Gasteiger partial charge in [0.2, 0.25) is 0 Å². The number of hydrogen-bond donors (Lipinski definition) is 2. The molecule has 2 heterocycles. The van der Waals surface area contributed by atoms with Crippen LogP contribution in [0.25, 0.3) is 0 Å². The lowest BCUT2D eigenvalue weighted by atomic mass is 9.70. The third kappa shape index (κ3) is 5.68. The van der Waals surface area contributed by atoms with E-state index in [1.807, 2.05) is 42.3 Å². The maximum Gasteiger partial charge on any atom is 0.264 e. The zero-order chi connectivity index (χ0) is 29.5. The van der Waals surface area contributed by atoms with Gasteiger partial charge in [-0.05, 0) is 112 Å². The zero-order valence-corrected chi connectivity index (χ0v) is 25.7. The maximum absolute atomic E-state index is 13.7. The summed E-state index contributed by atoms with van der Waals surface area (Å²) in [6, 6.07) is 10.7. The van der Waals surface area contributed by atoms with Crippen LogP contribution in [0.3, 0.4) is 0 Å². The number of carbonyl (C=O) groups is 1. The zero-order valence-electron chi connectivity index (χ0n) is 24.1. The average molecular weight is 614 g/mol. The summed E-state index contributed by atoms with van der Waals surface area (Å²) in [6.07, 6.45) is 9.90. The van der Waals surface area contributed by atoms with E-state index in [1.54, 1.807) is 12.1 Å². The van der Waals surface area contributed by atoms with Gasteiger partial charge < -0.3 is 14.7 Å². The monoisotopic (exact) mass is 613 g/mol. The van der Waals surface area contributed by atoms with Crippen molar-refractivity contribution in [2.24, 2.45) is 11.8 Å². The number of likely N-dealkylation sites (N-methyl/N-ethyl adjacent to an activating group) is 1. The predicted octanol–water partition coefficient (Wildman–Crippen LogP) is 4.68. The Bertz CT molecular complexity index is 1470. The first-order chi connectivity index (χ1) is 20.2. The summed E-state index contributed by atoms with van der Waals surface area (Å²) in [6.45, 7) is 2.19. The molecule has 2 aliphatic heterocycles. The first-order valence-electron chi connectivity index (χ1n) is 15.1. The number of aryl methyl sites for hydroxylation is 1. The van der Waals surface area contributed by atoms with Gasteiger partial charge in [-0.3, -0.25) is 9.69 Å². The fourth-order valence-electron chi connectivity index (χ4n) is 6.89. The first kappa shape index (κ1) is 29.5. The Balaban J connectivity index is 1.40. The highest BCUT2D eigenvalue weighted by molar-refractivity contribution is 7.90. The molecule has 0 saturated heterocycles. The number of nitrogens with zero attached hydrogens (tertiary/aromatic N) is 2. The van der Waals surface area contributed by atoms with Crippen molar-refractivity contribution >= 4 is 33.2 Å². The third-order valence-corrected chi connectivity index (χ3v) is 11.5. The highest BCUT2D eigenvalue weighted by atomic mass is 35.5. The molecule has 8 nitrogen and oxygen atoms in total. The fraction of sp³-hybridized carbons (Fsp3) is 0.531. The van der Waals surface area contributed by atoms with Crippen molar-refractivity contribution in [3.8, 4) is 5.75 Å². The molecule has 0 unspecified atom stereocenters. The number of carbonyl (C=O) groups excluding carboxylic acids is 1. The maximum atomic E-state index is 13.7. The number of aliphatic hydroxyl groups is 1. The number of aliphatic hydroxyl groups excluding tert-OH is 1. The van der Waals surface area contributed by atoms with Gasteiger partial charge in [0.1, 0.15) is 17.9 Å². The molecule has 2 bridgehead atoms. The Morgan fingerprint density at radius 3 is 2.64 bits per heavy atom. The molecule has 2 saturated carbocycles. The summed E-state index contributed by atoms with van der Waals surface area (Å²) in [5, 5.41) is 11.8. The summed E-state index contributed by atoms with van der Waals surface area (Å²) >= 11 is 6.31. The SMILES string of the molecule is CN1C/C=C/[C@H](O)[C@@H]2CC[C@H]2CN2CCCCc3cc(Cl)ccc3COc3ccc(cc32)S(=O)(=O)NC(=O)C12CCC2. The van der Waals surface area contributed by atoms with E-state index in [4.69, 9.17) is 16.3 Å². The lowest BCUT2D eigenvalue weighted by Gasteiger charge is -2.46. The van der Waals surface area contributed by atoms with Crippen molar-refractivity contribution in [2.45, 2.75) is 74.5 Å². The lowest BCUT2D eigenvalue weighted by Crippen LogP contribution is -2.62. The number of sulfonamides is 1. The lowest BCUT2D eigenvalue weighted by molar-refractivity contribution is -0.136. The van der Waals surface area contributed by atoms with Crippen molar-refractivity contribution in [1.29, 1.82) is 0 Å². The van der Waals surface area contributed by atoms with Gasteiger partial charge >= 0.3 is 0 Å². The van der Waals surface area contributed by atoms with E-state index < -0.39 is 27.6 Å². The standard InChI is InChI=1S/C32H40ClN3O5S/c1-35-16-4-7-29(37)27-12-9-23(27)20-36-17-3-2-6-22-18-25(33)10-8-24(22)21-41-30-13-11-26(19-28(30)36)42(39,40)34-31(38)32(35)14-5-15-32/h4,7-8,10-11,13,18-19,23,27,29,37H,2-3,5-6,9,12,14-17,20-21H2,1H3,(H,34,38)/b7-4+/t23-,27+,29-/m0/s1. The molecule has 2 fully saturated rings. The van der Waals surface area contributed by atoms with Gasteiger partial charge in [-0.1, -0.05) is 29.8 Å². The van der Waals surface area contributed by atoms with E-state index in [9.17, 15) is 18.3 Å². The van der Waals surface area contributed by atoms with Gasteiger partial charge in [0.25, 0.3) is 15.9 Å². The Hall–Kier alpha value is -2.59. The second-order valence-electron chi connectivity index (χ2n) is 12.4. The Morgan fingerprint density at radius 2 is 1.90 bits per heavy atom. The molecule has 0 radical (unpaired) electrons. The van der Waals surface area contributed by atoms with E-state index in [-0.39, 0.29) is 16.7 Å². The molecule has 2 aromatic carbocycles. The molecule has 1 amide bonds. The van der Waals surface area contributed by atoms with E-state index in [0.29, 0.717) is 55.5 Å². The molecule has 0 aromatic heterocycles. The number of ether oxygens (including phenoxy) is 1. The van der Waals surface area contributed by atoms with Crippen molar-refractivity contribution in [3.05, 3.63) is 64.7 Å². The Labute approximate surface area is 253 Å². The molecular formula is C32H40ClN3O5S. The van der Waals surface area contributed by atoms with Gasteiger partial charge in [0.05, 0.1) is 16.7 Å². The molecule has 2 aromatic rings. The van der Waals surface area contributed by atoms with Crippen LogP contribution in [-0.2, 0) is 27.8 Å². The largest absolute Gasteiger partial charge is 0.487 e. The van der Waals surface area contributed by atoms with Crippen molar-refractivity contribution in [1.82, 2.24) is 9.62 Å². The Kier molecular flexibility index (Phi) is 8.30. The minimum Gasteiger partial charge on any atom is -0.487 e. The van der Waals surface area contributed by atoms with Gasteiger partial charge in [0, 0.05) is 24.7 Å². The summed E-state index contributed by atoms with van der Waals surface area (Å²) in [5.41, 5.74) is 2.03. The third-order valence-electron chi connectivity index (χ3n) is 9.90. The number of rotatable bonds is 0. The van der Waals surface area contributed by atoms with E-state index in [1.165, 1.54) is 6.07 Å². The van der Waals surface area contributed by atoms with Gasteiger partial charge in [-0.25, -0.2) is 13.1 Å². The molecule has 42 heavy (non-hydrogen) atoms. The van der Waals surface area contributed by atoms with Crippen molar-refractivity contribution < 1.29 is 23.1 Å². The topological polar surface area (TPSA) is 99.2 Å². The first-order valence-corrected chi connectivity index (χ1v) is 16.9. The van der Waals surface area contributed by atoms with E-state index >= 15 is 0 Å². The molecule has 4 aliphatic rings. The molecule has 3 atom stereocenters. The number of halogens is 1. The van der Waals surface area contributed by atoms with Gasteiger partial charge in [-0.15, -0.1) is 0 Å². The van der Waals surface area contributed by atoms with Crippen LogP contribution in [0, 0.1) is 11.8 Å². The van der Waals surface area contributed by atoms with Crippen molar-refractivity contribution in [3.63, 3.8) is 0 Å². The predicted molar refractivity (Wildman–Crippen MR) is 163 cm³/mol. The summed E-state index contributed by atoms with van der Waals surface area (Å²) in [4.78, 5) is 17.7. The molecular weight excluding hydrogens is 574 g/mol. The second kappa shape index (κ2) is 11.8. The smallest absolute Gasteiger partial charge is 0.264 e. The van der Waals surface area contributed by atoms with Crippen LogP contribution in [-0.4, -0.2) is 62.7 Å². The van der Waals surface area contributed by atoms with E-state index in [0.717, 1.165) is 49.7 Å². The number of benzene rings is 2. The van der Waals surface area contributed by atoms with E-state index in [2.05, 4.69) is 9.62 Å². The highest BCUT2D eigenvalue weighted by Crippen LogP contribution is 2.42. The minimum absolute atomic E-state index is 0.0413. The number of nitrogens with one attached hydrogen (secondary N) is 1. The van der Waals surface area contributed by atoms with Gasteiger partial charge in [0.15, 0.2) is 0 Å². The number of anilines is 1. The molecule has 10 heteroatoms. The normalized spacial score (nSPS) is 28.5. The van der Waals surface area contributed by atoms with Crippen LogP contribution < -0.4 is 14.4 Å². The Morgan fingerprint density at radius 1 is 1.07 bits per heavy atom. The second-order valence-corrected chi connectivity index (χ2v) is 14.5. The molecule has 1 spiro atoms. The molecule has 2 N–H and O–H groups in total. The number of fused-ring (bicyclic) bond motifs is 3. The van der Waals surface area contributed by atoms with Crippen LogP contribution in [0.1, 0.15) is 56.1 Å². The van der Waals surface area contributed by atoms with Gasteiger partial charge in [-0.2, -0.15) is 0 Å². The van der Waals surface area contributed by atoms with Crippen LogP contribution in [0.15, 0.2) is 53.4 Å². The van der Waals surface area contributed by atoms with Crippen LogP contribution >= 0.6 is 11.6 Å². The average Bonchev–Trinajstić information content (AvgIpc) is 2.92. The fourth-order valence-corrected chi connectivity index (χ4v) is 8.15.